The summed E-state index contributed by atoms with van der Waals surface area (Å²) in [6.07, 6.45) is 0. The van der Waals surface area contributed by atoms with Crippen LogP contribution in [0.4, 0.5) is 10.1 Å². The van der Waals surface area contributed by atoms with Crippen LogP contribution in [0.2, 0.25) is 0 Å². The van der Waals surface area contributed by atoms with Gasteiger partial charge in [0.1, 0.15) is 11.5 Å². The summed E-state index contributed by atoms with van der Waals surface area (Å²) in [7, 11) is 1.83. The van der Waals surface area contributed by atoms with Crippen LogP contribution in [0.3, 0.4) is 0 Å². The van der Waals surface area contributed by atoms with E-state index in [-0.39, 0.29) is 11.8 Å². The fraction of sp³-hybridized carbons (Fsp3) is 0.0833. The molecule has 0 unspecified atom stereocenters. The van der Waals surface area contributed by atoms with E-state index < -0.39 is 5.82 Å². The van der Waals surface area contributed by atoms with Gasteiger partial charge in [0.15, 0.2) is 0 Å². The van der Waals surface area contributed by atoms with E-state index >= 15 is 0 Å². The minimum absolute atomic E-state index is 0.172. The largest absolute Gasteiger partial charge is 0.347 e. The number of amides is 2. The second-order valence-corrected chi connectivity index (χ2v) is 6.99. The van der Waals surface area contributed by atoms with Gasteiger partial charge in [-0.15, -0.1) is 0 Å². The highest BCUT2D eigenvalue weighted by Gasteiger charge is 2.14. The maximum atomic E-state index is 13.0. The molecule has 0 aliphatic heterocycles. The third-order valence-electron chi connectivity index (χ3n) is 4.94. The molecule has 0 atom stereocenters. The van der Waals surface area contributed by atoms with E-state index in [0.29, 0.717) is 23.5 Å². The average Bonchev–Trinajstić information content (AvgIpc) is 3.09. The SMILES string of the molecule is Cn1c(C(=O)NCc2ccccc2)cc2cc(NC(=O)c3ccc(F)cc3)ccc21. The third kappa shape index (κ3) is 4.07. The van der Waals surface area contributed by atoms with Gasteiger partial charge in [-0.1, -0.05) is 30.3 Å². The first-order valence-electron chi connectivity index (χ1n) is 9.50. The summed E-state index contributed by atoms with van der Waals surface area (Å²) >= 11 is 0. The Morgan fingerprint density at radius 3 is 2.37 bits per heavy atom. The number of fused-ring (bicyclic) bond motifs is 1. The Bertz CT molecular complexity index is 1210. The number of benzene rings is 3. The van der Waals surface area contributed by atoms with E-state index in [9.17, 15) is 14.0 Å². The van der Waals surface area contributed by atoms with Crippen molar-refractivity contribution < 1.29 is 14.0 Å². The molecule has 150 valence electrons. The summed E-state index contributed by atoms with van der Waals surface area (Å²) in [4.78, 5) is 25.0. The number of rotatable bonds is 5. The van der Waals surface area contributed by atoms with Crippen molar-refractivity contribution in [3.8, 4) is 0 Å². The highest BCUT2D eigenvalue weighted by Crippen LogP contribution is 2.23. The lowest BCUT2D eigenvalue weighted by molar-refractivity contribution is 0.0942. The van der Waals surface area contributed by atoms with E-state index in [1.807, 2.05) is 54.1 Å². The van der Waals surface area contributed by atoms with Gasteiger partial charge in [0, 0.05) is 35.7 Å². The molecule has 0 saturated heterocycles. The third-order valence-corrected chi connectivity index (χ3v) is 4.94. The molecule has 0 aliphatic rings. The number of anilines is 1. The van der Waals surface area contributed by atoms with Crippen molar-refractivity contribution in [3.05, 3.63) is 102 Å². The minimum Gasteiger partial charge on any atom is -0.347 e. The summed E-state index contributed by atoms with van der Waals surface area (Å²) in [5, 5.41) is 6.57. The number of carbonyl (C=O) groups is 2. The maximum absolute atomic E-state index is 13.0. The number of halogens is 1. The van der Waals surface area contributed by atoms with Crippen LogP contribution in [0.25, 0.3) is 10.9 Å². The van der Waals surface area contributed by atoms with Crippen LogP contribution in [0, 0.1) is 5.82 Å². The van der Waals surface area contributed by atoms with Crippen molar-refractivity contribution in [2.75, 3.05) is 5.32 Å². The fourth-order valence-corrected chi connectivity index (χ4v) is 3.32. The molecule has 0 spiro atoms. The van der Waals surface area contributed by atoms with Gasteiger partial charge in [0.2, 0.25) is 0 Å². The monoisotopic (exact) mass is 401 g/mol. The van der Waals surface area contributed by atoms with Gasteiger partial charge in [-0.25, -0.2) is 4.39 Å². The molecule has 30 heavy (non-hydrogen) atoms. The fourth-order valence-electron chi connectivity index (χ4n) is 3.32. The van der Waals surface area contributed by atoms with Crippen molar-refractivity contribution in [1.29, 1.82) is 0 Å². The van der Waals surface area contributed by atoms with E-state index in [2.05, 4.69) is 10.6 Å². The Hall–Kier alpha value is -3.93. The zero-order valence-electron chi connectivity index (χ0n) is 16.4. The van der Waals surface area contributed by atoms with E-state index in [1.165, 1.54) is 24.3 Å². The van der Waals surface area contributed by atoms with Crippen molar-refractivity contribution in [3.63, 3.8) is 0 Å². The van der Waals surface area contributed by atoms with E-state index in [0.717, 1.165) is 16.5 Å². The molecule has 4 rings (SSSR count). The average molecular weight is 401 g/mol. The molecule has 0 radical (unpaired) electrons. The van der Waals surface area contributed by atoms with Crippen LogP contribution in [0.15, 0.2) is 78.9 Å². The Morgan fingerprint density at radius 2 is 1.63 bits per heavy atom. The van der Waals surface area contributed by atoms with Crippen LogP contribution >= 0.6 is 0 Å². The van der Waals surface area contributed by atoms with Gasteiger partial charge in [0.05, 0.1) is 0 Å². The maximum Gasteiger partial charge on any atom is 0.268 e. The number of nitrogens with one attached hydrogen (secondary N) is 2. The number of carbonyl (C=O) groups excluding carboxylic acids is 2. The van der Waals surface area contributed by atoms with Gasteiger partial charge >= 0.3 is 0 Å². The number of aromatic nitrogens is 1. The molecule has 0 saturated carbocycles. The smallest absolute Gasteiger partial charge is 0.268 e. The molecule has 0 bridgehead atoms. The predicted octanol–water partition coefficient (Wildman–Crippen LogP) is 4.50. The first kappa shape index (κ1) is 19.4. The highest BCUT2D eigenvalue weighted by molar-refractivity contribution is 6.05. The molecular formula is C24H20FN3O2. The van der Waals surface area contributed by atoms with Crippen LogP contribution in [0.1, 0.15) is 26.4 Å². The molecule has 6 heteroatoms. The summed E-state index contributed by atoms with van der Waals surface area (Å²) < 4.78 is 14.9. The second-order valence-electron chi connectivity index (χ2n) is 6.99. The Kier molecular flexibility index (Phi) is 5.30. The van der Waals surface area contributed by atoms with Gasteiger partial charge in [0.25, 0.3) is 11.8 Å². The number of aryl methyl sites for hydroxylation is 1. The van der Waals surface area contributed by atoms with Gasteiger partial charge in [-0.05, 0) is 54.1 Å². The van der Waals surface area contributed by atoms with Crippen LogP contribution < -0.4 is 10.6 Å². The second kappa shape index (κ2) is 8.21. The minimum atomic E-state index is -0.393. The molecule has 1 heterocycles. The van der Waals surface area contributed by atoms with Crippen LogP contribution in [0.5, 0.6) is 0 Å². The first-order chi connectivity index (χ1) is 14.5. The van der Waals surface area contributed by atoms with E-state index in [1.54, 1.807) is 12.1 Å². The quantitative estimate of drug-likeness (QED) is 0.517. The topological polar surface area (TPSA) is 63.1 Å². The number of nitrogens with zero attached hydrogens (tertiary/aromatic N) is 1. The molecule has 5 nitrogen and oxygen atoms in total. The van der Waals surface area contributed by atoms with Crippen molar-refractivity contribution in [2.24, 2.45) is 7.05 Å². The van der Waals surface area contributed by atoms with Crippen molar-refractivity contribution >= 4 is 28.4 Å². The zero-order chi connectivity index (χ0) is 21.1. The highest BCUT2D eigenvalue weighted by atomic mass is 19.1. The molecule has 1 aromatic heterocycles. The lowest BCUT2D eigenvalue weighted by Gasteiger charge is -2.07. The van der Waals surface area contributed by atoms with Crippen molar-refractivity contribution in [1.82, 2.24) is 9.88 Å². The van der Waals surface area contributed by atoms with Gasteiger partial charge in [-0.2, -0.15) is 0 Å². The summed E-state index contributed by atoms with van der Waals surface area (Å²) in [5.41, 5.74) is 3.39. The normalized spacial score (nSPS) is 10.7. The van der Waals surface area contributed by atoms with Gasteiger partial charge < -0.3 is 15.2 Å². The summed E-state index contributed by atoms with van der Waals surface area (Å²) in [6, 6.07) is 22.3. The Labute approximate surface area is 173 Å². The lowest BCUT2D eigenvalue weighted by Crippen LogP contribution is -2.24. The van der Waals surface area contributed by atoms with Crippen LogP contribution in [-0.4, -0.2) is 16.4 Å². The first-order valence-corrected chi connectivity index (χ1v) is 9.50. The zero-order valence-corrected chi connectivity index (χ0v) is 16.4. The number of hydrogen-bond acceptors (Lipinski definition) is 2. The molecule has 2 N–H and O–H groups in total. The van der Waals surface area contributed by atoms with Crippen LogP contribution in [-0.2, 0) is 13.6 Å². The van der Waals surface area contributed by atoms with Gasteiger partial charge in [-0.3, -0.25) is 9.59 Å². The molecular weight excluding hydrogens is 381 g/mol. The molecule has 0 aliphatic carbocycles. The summed E-state index contributed by atoms with van der Waals surface area (Å²) in [6.45, 7) is 0.445. The molecule has 2 amide bonds. The van der Waals surface area contributed by atoms with Crippen molar-refractivity contribution in [2.45, 2.75) is 6.54 Å². The molecule has 3 aromatic carbocycles. The molecule has 4 aromatic rings. The summed E-state index contributed by atoms with van der Waals surface area (Å²) in [5.74, 6) is -0.893. The lowest BCUT2D eigenvalue weighted by atomic mass is 10.2. The van der Waals surface area contributed by atoms with E-state index in [4.69, 9.17) is 0 Å². The standard InChI is InChI=1S/C24H20FN3O2/c1-28-21-12-11-20(27-23(29)17-7-9-19(25)10-8-17)13-18(21)14-22(28)24(30)26-15-16-5-3-2-4-6-16/h2-14H,15H2,1H3,(H,26,30)(H,27,29). The Balaban J connectivity index is 1.51. The number of hydrogen-bond donors (Lipinski definition) is 2. The molecule has 0 fully saturated rings. The predicted molar refractivity (Wildman–Crippen MR) is 115 cm³/mol. The Morgan fingerprint density at radius 1 is 0.900 bits per heavy atom.